The molecule has 0 unspecified atom stereocenters. The summed E-state index contributed by atoms with van der Waals surface area (Å²) in [7, 11) is 0. The second-order valence-corrected chi connectivity index (χ2v) is 5.94. The lowest BCUT2D eigenvalue weighted by Gasteiger charge is -2.08. The molecule has 1 nitrogen and oxygen atoms in total. The highest BCUT2D eigenvalue weighted by Crippen LogP contribution is 2.54. The van der Waals surface area contributed by atoms with Gasteiger partial charge < -0.3 is 0 Å². The summed E-state index contributed by atoms with van der Waals surface area (Å²) in [5.74, 6) is 0.209. The molecule has 20 heavy (non-hydrogen) atoms. The van der Waals surface area contributed by atoms with Crippen molar-refractivity contribution in [3.63, 3.8) is 0 Å². The van der Waals surface area contributed by atoms with Crippen molar-refractivity contribution >= 4 is 27.7 Å². The maximum atomic E-state index is 12.4. The second kappa shape index (κ2) is 3.49. The zero-order valence-corrected chi connectivity index (χ0v) is 12.2. The molecule has 0 radical (unpaired) electrons. The van der Waals surface area contributed by atoms with Crippen molar-refractivity contribution in [2.24, 2.45) is 0 Å². The molecular formula is C19H16O. The van der Waals surface area contributed by atoms with Crippen LogP contribution in [-0.4, -0.2) is 5.78 Å². The topological polar surface area (TPSA) is 17.1 Å². The van der Waals surface area contributed by atoms with Crippen molar-refractivity contribution in [1.29, 1.82) is 0 Å². The SMILES string of the molecule is CC1=C2C(=C(C)C1=O)c1c(C)ccc3ccc(C)c2c13. The first-order valence-corrected chi connectivity index (χ1v) is 7.03. The fourth-order valence-electron chi connectivity index (χ4n) is 3.78. The Hall–Kier alpha value is -2.15. The summed E-state index contributed by atoms with van der Waals surface area (Å²) >= 11 is 0. The molecule has 0 amide bonds. The summed E-state index contributed by atoms with van der Waals surface area (Å²) < 4.78 is 0. The van der Waals surface area contributed by atoms with Gasteiger partial charge in [-0.15, -0.1) is 0 Å². The summed E-state index contributed by atoms with van der Waals surface area (Å²) in [6, 6.07) is 8.70. The third-order valence-corrected chi connectivity index (χ3v) is 4.78. The van der Waals surface area contributed by atoms with Crippen LogP contribution in [0.3, 0.4) is 0 Å². The van der Waals surface area contributed by atoms with E-state index in [9.17, 15) is 4.79 Å². The molecule has 2 aromatic rings. The Morgan fingerprint density at radius 3 is 1.60 bits per heavy atom. The van der Waals surface area contributed by atoms with Crippen LogP contribution in [0.15, 0.2) is 35.4 Å². The number of allylic oxidation sites excluding steroid dienone is 4. The predicted octanol–water partition coefficient (Wildman–Crippen LogP) is 4.60. The Balaban J connectivity index is 2.33. The molecule has 0 saturated heterocycles. The highest BCUT2D eigenvalue weighted by molar-refractivity contribution is 6.38. The van der Waals surface area contributed by atoms with E-state index in [1.807, 2.05) is 13.8 Å². The molecule has 0 heterocycles. The van der Waals surface area contributed by atoms with Gasteiger partial charge in [0, 0.05) is 11.1 Å². The molecule has 0 fully saturated rings. The first kappa shape index (κ1) is 11.7. The molecule has 0 bridgehead atoms. The average molecular weight is 260 g/mol. The minimum absolute atomic E-state index is 0.209. The second-order valence-electron chi connectivity index (χ2n) is 5.94. The van der Waals surface area contributed by atoms with Crippen LogP contribution in [-0.2, 0) is 4.79 Å². The Bertz CT molecular complexity index is 823. The van der Waals surface area contributed by atoms with Crippen molar-refractivity contribution in [2.45, 2.75) is 27.7 Å². The number of carbonyl (C=O) groups excluding carboxylic acids is 1. The van der Waals surface area contributed by atoms with Crippen molar-refractivity contribution in [3.8, 4) is 0 Å². The summed E-state index contributed by atoms with van der Waals surface area (Å²) in [6.07, 6.45) is 0. The van der Waals surface area contributed by atoms with E-state index in [2.05, 4.69) is 38.1 Å². The lowest BCUT2D eigenvalue weighted by molar-refractivity contribution is -0.111. The first-order chi connectivity index (χ1) is 9.52. The third kappa shape index (κ3) is 1.12. The van der Waals surface area contributed by atoms with Crippen LogP contribution >= 0.6 is 0 Å². The van der Waals surface area contributed by atoms with E-state index >= 15 is 0 Å². The number of benzene rings is 2. The van der Waals surface area contributed by atoms with Gasteiger partial charge in [-0.25, -0.2) is 0 Å². The van der Waals surface area contributed by atoms with E-state index in [1.54, 1.807) is 0 Å². The molecule has 0 saturated carbocycles. The van der Waals surface area contributed by atoms with E-state index in [4.69, 9.17) is 0 Å². The molecular weight excluding hydrogens is 244 g/mol. The molecule has 2 aliphatic carbocycles. The van der Waals surface area contributed by atoms with E-state index in [-0.39, 0.29) is 5.78 Å². The van der Waals surface area contributed by atoms with E-state index in [0.29, 0.717) is 0 Å². The summed E-state index contributed by atoms with van der Waals surface area (Å²) in [4.78, 5) is 12.4. The van der Waals surface area contributed by atoms with Gasteiger partial charge in [-0.2, -0.15) is 0 Å². The third-order valence-electron chi connectivity index (χ3n) is 4.78. The monoisotopic (exact) mass is 260 g/mol. The maximum absolute atomic E-state index is 12.4. The van der Waals surface area contributed by atoms with Crippen LogP contribution in [0.4, 0.5) is 0 Å². The Morgan fingerprint density at radius 2 is 1.15 bits per heavy atom. The predicted molar refractivity (Wildman–Crippen MR) is 83.6 cm³/mol. The number of ketones is 1. The normalized spacial score (nSPS) is 16.7. The molecule has 98 valence electrons. The van der Waals surface area contributed by atoms with Gasteiger partial charge in [0.15, 0.2) is 5.78 Å². The number of carbonyl (C=O) groups is 1. The van der Waals surface area contributed by atoms with E-state index < -0.39 is 0 Å². The Labute approximate surface area is 118 Å². The fourth-order valence-corrected chi connectivity index (χ4v) is 3.78. The standard InChI is InChI=1S/C19H16O/c1-9-5-7-13-8-6-10(2)15-17-12(4)19(20)11(3)16(17)14(9)18(13)15/h5-8H,1-4H3. The van der Waals surface area contributed by atoms with Gasteiger partial charge in [-0.3, -0.25) is 4.79 Å². The van der Waals surface area contributed by atoms with Crippen LogP contribution in [0.2, 0.25) is 0 Å². The van der Waals surface area contributed by atoms with Crippen LogP contribution in [0, 0.1) is 13.8 Å². The average Bonchev–Trinajstić information content (AvgIpc) is 2.89. The summed E-state index contributed by atoms with van der Waals surface area (Å²) in [5.41, 5.74) is 9.25. The molecule has 0 aromatic heterocycles. The van der Waals surface area contributed by atoms with Gasteiger partial charge in [-0.05, 0) is 71.9 Å². The molecule has 0 atom stereocenters. The molecule has 4 rings (SSSR count). The Kier molecular flexibility index (Phi) is 2.03. The van der Waals surface area contributed by atoms with Gasteiger partial charge in [0.05, 0.1) is 0 Å². The van der Waals surface area contributed by atoms with Gasteiger partial charge in [-0.1, -0.05) is 24.3 Å². The van der Waals surface area contributed by atoms with Crippen molar-refractivity contribution in [2.75, 3.05) is 0 Å². The molecule has 2 aromatic carbocycles. The minimum atomic E-state index is 0.209. The summed E-state index contributed by atoms with van der Waals surface area (Å²) in [6.45, 7) is 8.21. The van der Waals surface area contributed by atoms with Gasteiger partial charge in [0.25, 0.3) is 0 Å². The molecule has 1 heteroatoms. The van der Waals surface area contributed by atoms with Gasteiger partial charge in [0.2, 0.25) is 0 Å². The minimum Gasteiger partial charge on any atom is -0.289 e. The number of hydrogen-bond donors (Lipinski definition) is 0. The van der Waals surface area contributed by atoms with Crippen LogP contribution in [0.5, 0.6) is 0 Å². The smallest absolute Gasteiger partial charge is 0.185 e. The molecule has 0 N–H and O–H groups in total. The molecule has 2 aliphatic rings. The number of aryl methyl sites for hydroxylation is 2. The molecule has 0 aliphatic heterocycles. The van der Waals surface area contributed by atoms with Crippen LogP contribution in [0.1, 0.15) is 36.1 Å². The highest BCUT2D eigenvalue weighted by Gasteiger charge is 2.36. The number of hydrogen-bond acceptors (Lipinski definition) is 1. The largest absolute Gasteiger partial charge is 0.289 e. The van der Waals surface area contributed by atoms with Crippen LogP contribution < -0.4 is 0 Å². The van der Waals surface area contributed by atoms with Crippen molar-refractivity contribution < 1.29 is 4.79 Å². The first-order valence-electron chi connectivity index (χ1n) is 7.03. The highest BCUT2D eigenvalue weighted by atomic mass is 16.1. The van der Waals surface area contributed by atoms with E-state index in [1.165, 1.54) is 44.2 Å². The number of Topliss-reactive ketones (excluding diaryl/α,β-unsaturated/α-hetero) is 1. The van der Waals surface area contributed by atoms with Gasteiger partial charge in [0.1, 0.15) is 0 Å². The van der Waals surface area contributed by atoms with E-state index in [0.717, 1.165) is 11.1 Å². The fraction of sp³-hybridized carbons (Fsp3) is 0.211. The maximum Gasteiger partial charge on any atom is 0.185 e. The van der Waals surface area contributed by atoms with Crippen LogP contribution in [0.25, 0.3) is 21.9 Å². The number of fused-ring (bicyclic) bond motifs is 3. The van der Waals surface area contributed by atoms with Crippen molar-refractivity contribution in [3.05, 3.63) is 57.7 Å². The lowest BCUT2D eigenvalue weighted by Crippen LogP contribution is -1.98. The molecule has 0 spiro atoms. The quantitative estimate of drug-likeness (QED) is 0.676. The summed E-state index contributed by atoms with van der Waals surface area (Å²) in [5, 5.41) is 2.61. The Morgan fingerprint density at radius 1 is 0.700 bits per heavy atom. The van der Waals surface area contributed by atoms with Crippen molar-refractivity contribution in [1.82, 2.24) is 0 Å². The zero-order chi connectivity index (χ0) is 14.2. The zero-order valence-electron chi connectivity index (χ0n) is 12.2. The lowest BCUT2D eigenvalue weighted by atomic mass is 9.95. The van der Waals surface area contributed by atoms with Gasteiger partial charge >= 0.3 is 0 Å². The number of rotatable bonds is 0.